The van der Waals surface area contributed by atoms with Crippen molar-refractivity contribution in [2.24, 2.45) is 0 Å². The third kappa shape index (κ3) is 2.97. The zero-order valence-corrected chi connectivity index (χ0v) is 12.1. The summed E-state index contributed by atoms with van der Waals surface area (Å²) in [4.78, 5) is 16.7. The van der Waals surface area contributed by atoms with Gasteiger partial charge >= 0.3 is 6.09 Å². The molecule has 2 aliphatic rings. The van der Waals surface area contributed by atoms with Crippen molar-refractivity contribution >= 4 is 6.09 Å². The van der Waals surface area contributed by atoms with Crippen molar-refractivity contribution in [1.29, 1.82) is 0 Å². The monoisotopic (exact) mass is 254 g/mol. The summed E-state index contributed by atoms with van der Waals surface area (Å²) in [6, 6.07) is 0.870. The Balaban J connectivity index is 2.03. The van der Waals surface area contributed by atoms with Crippen LogP contribution in [0.2, 0.25) is 0 Å². The molecule has 2 atom stereocenters. The van der Waals surface area contributed by atoms with E-state index in [4.69, 9.17) is 4.74 Å². The van der Waals surface area contributed by atoms with Crippen LogP contribution < -0.4 is 0 Å². The SMILES string of the molecule is CCC1CN2CCCC2CN1C(=O)OC(C)(C)C. The molecule has 0 N–H and O–H groups in total. The van der Waals surface area contributed by atoms with Crippen molar-refractivity contribution in [3.8, 4) is 0 Å². The van der Waals surface area contributed by atoms with Crippen molar-refractivity contribution in [3.05, 3.63) is 0 Å². The lowest BCUT2D eigenvalue weighted by Gasteiger charge is -2.43. The molecule has 2 saturated heterocycles. The summed E-state index contributed by atoms with van der Waals surface area (Å²) in [5.41, 5.74) is -0.401. The Labute approximate surface area is 110 Å². The zero-order chi connectivity index (χ0) is 13.3. The fourth-order valence-electron chi connectivity index (χ4n) is 2.98. The van der Waals surface area contributed by atoms with Gasteiger partial charge in [0.1, 0.15) is 5.60 Å². The first kappa shape index (κ1) is 13.7. The summed E-state index contributed by atoms with van der Waals surface area (Å²) in [6.45, 7) is 11.0. The third-order valence-electron chi connectivity index (χ3n) is 3.89. The number of carbonyl (C=O) groups excluding carboxylic acids is 1. The van der Waals surface area contributed by atoms with E-state index in [-0.39, 0.29) is 6.09 Å². The van der Waals surface area contributed by atoms with Gasteiger partial charge in [0.15, 0.2) is 0 Å². The molecular weight excluding hydrogens is 228 g/mol. The van der Waals surface area contributed by atoms with Gasteiger partial charge in [-0.3, -0.25) is 4.90 Å². The maximum atomic E-state index is 12.3. The van der Waals surface area contributed by atoms with Crippen LogP contribution >= 0.6 is 0 Å². The molecule has 104 valence electrons. The fraction of sp³-hybridized carbons (Fsp3) is 0.929. The average Bonchev–Trinajstić information content (AvgIpc) is 2.71. The molecule has 4 heteroatoms. The van der Waals surface area contributed by atoms with E-state index in [9.17, 15) is 4.79 Å². The molecule has 4 nitrogen and oxygen atoms in total. The first-order chi connectivity index (χ1) is 8.40. The molecule has 2 unspecified atom stereocenters. The van der Waals surface area contributed by atoms with Gasteiger partial charge in [0.2, 0.25) is 0 Å². The van der Waals surface area contributed by atoms with Crippen molar-refractivity contribution in [2.75, 3.05) is 19.6 Å². The van der Waals surface area contributed by atoms with Crippen LogP contribution in [0.15, 0.2) is 0 Å². The zero-order valence-electron chi connectivity index (χ0n) is 12.1. The van der Waals surface area contributed by atoms with Crippen LogP contribution in [0.3, 0.4) is 0 Å². The van der Waals surface area contributed by atoms with Gasteiger partial charge in [0.25, 0.3) is 0 Å². The molecule has 2 aliphatic heterocycles. The smallest absolute Gasteiger partial charge is 0.410 e. The normalized spacial score (nSPS) is 29.2. The molecule has 0 spiro atoms. The topological polar surface area (TPSA) is 32.8 Å². The van der Waals surface area contributed by atoms with Gasteiger partial charge in [-0.25, -0.2) is 4.79 Å². The second kappa shape index (κ2) is 5.08. The summed E-state index contributed by atoms with van der Waals surface area (Å²) in [7, 11) is 0. The highest BCUT2D eigenvalue weighted by Crippen LogP contribution is 2.27. The number of ether oxygens (including phenoxy) is 1. The first-order valence-electron chi connectivity index (χ1n) is 7.14. The summed E-state index contributed by atoms with van der Waals surface area (Å²) >= 11 is 0. The Hall–Kier alpha value is -0.770. The van der Waals surface area contributed by atoms with Crippen LogP contribution in [0.5, 0.6) is 0 Å². The van der Waals surface area contributed by atoms with Crippen LogP contribution in [0.25, 0.3) is 0 Å². The van der Waals surface area contributed by atoms with E-state index >= 15 is 0 Å². The Morgan fingerprint density at radius 3 is 2.67 bits per heavy atom. The number of hydrogen-bond acceptors (Lipinski definition) is 3. The maximum absolute atomic E-state index is 12.3. The van der Waals surface area contributed by atoms with E-state index in [2.05, 4.69) is 11.8 Å². The summed E-state index contributed by atoms with van der Waals surface area (Å²) in [5.74, 6) is 0. The fourth-order valence-corrected chi connectivity index (χ4v) is 2.98. The van der Waals surface area contributed by atoms with Crippen molar-refractivity contribution in [2.45, 2.75) is 64.6 Å². The van der Waals surface area contributed by atoms with Gasteiger partial charge in [-0.05, 0) is 46.6 Å². The lowest BCUT2D eigenvalue weighted by atomic mass is 10.1. The molecule has 2 rings (SSSR count). The second-order valence-corrected chi connectivity index (χ2v) is 6.49. The van der Waals surface area contributed by atoms with Gasteiger partial charge in [-0.15, -0.1) is 0 Å². The minimum Gasteiger partial charge on any atom is -0.444 e. The van der Waals surface area contributed by atoms with Gasteiger partial charge in [-0.1, -0.05) is 6.92 Å². The number of carbonyl (C=O) groups is 1. The van der Waals surface area contributed by atoms with Crippen molar-refractivity contribution < 1.29 is 9.53 Å². The number of hydrogen-bond donors (Lipinski definition) is 0. The van der Waals surface area contributed by atoms with Crippen molar-refractivity contribution in [1.82, 2.24) is 9.80 Å². The molecule has 0 saturated carbocycles. The Kier molecular flexibility index (Phi) is 3.85. The van der Waals surface area contributed by atoms with Gasteiger partial charge in [0, 0.05) is 25.2 Å². The van der Waals surface area contributed by atoms with E-state index in [1.54, 1.807) is 0 Å². The molecule has 0 aromatic rings. The molecule has 0 aromatic heterocycles. The van der Waals surface area contributed by atoms with Crippen LogP contribution in [0, 0.1) is 0 Å². The lowest BCUT2D eigenvalue weighted by Crippen LogP contribution is -2.58. The molecule has 1 amide bonds. The molecule has 0 aliphatic carbocycles. The minimum absolute atomic E-state index is 0.138. The number of nitrogens with zero attached hydrogens (tertiary/aromatic N) is 2. The minimum atomic E-state index is -0.401. The standard InChI is InChI=1S/C14H26N2O2/c1-5-11-9-15-8-6-7-12(15)10-16(11)13(17)18-14(2,3)4/h11-12H,5-10H2,1-4H3. The molecule has 2 heterocycles. The summed E-state index contributed by atoms with van der Waals surface area (Å²) < 4.78 is 5.53. The largest absolute Gasteiger partial charge is 0.444 e. The van der Waals surface area contributed by atoms with Gasteiger partial charge in [0.05, 0.1) is 0 Å². The van der Waals surface area contributed by atoms with Gasteiger partial charge < -0.3 is 9.64 Å². The number of amides is 1. The number of rotatable bonds is 1. The van der Waals surface area contributed by atoms with Crippen LogP contribution in [-0.4, -0.2) is 53.2 Å². The Morgan fingerprint density at radius 1 is 1.33 bits per heavy atom. The van der Waals surface area contributed by atoms with Crippen molar-refractivity contribution in [3.63, 3.8) is 0 Å². The van der Waals surface area contributed by atoms with E-state index in [1.165, 1.54) is 19.4 Å². The van der Waals surface area contributed by atoms with E-state index < -0.39 is 5.60 Å². The second-order valence-electron chi connectivity index (χ2n) is 6.49. The summed E-state index contributed by atoms with van der Waals surface area (Å²) in [6.07, 6.45) is 3.35. The lowest BCUT2D eigenvalue weighted by molar-refractivity contribution is -0.00925. The molecule has 18 heavy (non-hydrogen) atoms. The van der Waals surface area contributed by atoms with E-state index in [0.29, 0.717) is 12.1 Å². The third-order valence-corrected chi connectivity index (χ3v) is 3.89. The first-order valence-corrected chi connectivity index (χ1v) is 7.14. The highest BCUT2D eigenvalue weighted by molar-refractivity contribution is 5.68. The highest BCUT2D eigenvalue weighted by Gasteiger charge is 2.39. The van der Waals surface area contributed by atoms with Crippen LogP contribution in [0.4, 0.5) is 4.79 Å². The Bertz CT molecular complexity index is 311. The van der Waals surface area contributed by atoms with Gasteiger partial charge in [-0.2, -0.15) is 0 Å². The quantitative estimate of drug-likeness (QED) is 0.720. The molecular formula is C14H26N2O2. The van der Waals surface area contributed by atoms with Crippen LogP contribution in [-0.2, 0) is 4.74 Å². The molecule has 2 fully saturated rings. The highest BCUT2D eigenvalue weighted by atomic mass is 16.6. The summed E-state index contributed by atoms with van der Waals surface area (Å²) in [5, 5.41) is 0. The average molecular weight is 254 g/mol. The number of fused-ring (bicyclic) bond motifs is 1. The predicted octanol–water partition coefficient (Wildman–Crippen LogP) is 2.48. The van der Waals surface area contributed by atoms with E-state index in [0.717, 1.165) is 19.5 Å². The number of piperazine rings is 1. The molecule has 0 bridgehead atoms. The van der Waals surface area contributed by atoms with E-state index in [1.807, 2.05) is 25.7 Å². The van der Waals surface area contributed by atoms with Crippen LogP contribution in [0.1, 0.15) is 47.0 Å². The Morgan fingerprint density at radius 2 is 2.06 bits per heavy atom. The maximum Gasteiger partial charge on any atom is 0.410 e. The molecule has 0 radical (unpaired) electrons. The predicted molar refractivity (Wildman–Crippen MR) is 71.6 cm³/mol. The molecule has 0 aromatic carbocycles.